The lowest BCUT2D eigenvalue weighted by molar-refractivity contribution is -0.143. The minimum absolute atomic E-state index is 0.0595. The number of carbonyl (C=O) groups excluding carboxylic acids is 2. The van der Waals surface area contributed by atoms with Gasteiger partial charge < -0.3 is 15.0 Å². The van der Waals surface area contributed by atoms with Crippen LogP contribution in [0.15, 0.2) is 59.1 Å². The van der Waals surface area contributed by atoms with Crippen molar-refractivity contribution in [2.75, 3.05) is 6.61 Å². The number of carbonyl (C=O) groups is 2. The summed E-state index contributed by atoms with van der Waals surface area (Å²) in [6, 6.07) is 16.5. The number of amides is 2. The highest BCUT2D eigenvalue weighted by Crippen LogP contribution is 2.17. The normalized spacial score (nSPS) is 12.7. The molecule has 2 aromatic rings. The van der Waals surface area contributed by atoms with Crippen LogP contribution in [0, 0.1) is 0 Å². The van der Waals surface area contributed by atoms with Crippen molar-refractivity contribution in [2.45, 2.75) is 52.2 Å². The van der Waals surface area contributed by atoms with Crippen LogP contribution in [0.1, 0.15) is 39.2 Å². The molecule has 0 unspecified atom stereocenters. The Bertz CT molecular complexity index is 780. The van der Waals surface area contributed by atoms with Crippen molar-refractivity contribution in [1.29, 1.82) is 0 Å². The number of halogens is 1. The molecule has 2 rings (SSSR count). The van der Waals surface area contributed by atoms with Gasteiger partial charge in [0.1, 0.15) is 11.8 Å². The molecule has 0 spiro atoms. The topological polar surface area (TPSA) is 58.6 Å². The molecule has 0 aliphatic rings. The van der Waals surface area contributed by atoms with Gasteiger partial charge in [0.25, 0.3) is 5.91 Å². The van der Waals surface area contributed by atoms with Crippen LogP contribution in [0.4, 0.5) is 0 Å². The average molecular weight is 461 g/mol. The van der Waals surface area contributed by atoms with Crippen LogP contribution in [0.3, 0.4) is 0 Å². The van der Waals surface area contributed by atoms with Gasteiger partial charge in [-0.3, -0.25) is 9.59 Å². The maximum absolute atomic E-state index is 13.1. The quantitative estimate of drug-likeness (QED) is 0.565. The average Bonchev–Trinajstić information content (AvgIpc) is 2.73. The van der Waals surface area contributed by atoms with E-state index in [0.29, 0.717) is 18.7 Å². The van der Waals surface area contributed by atoms with Crippen molar-refractivity contribution >= 4 is 27.7 Å². The first-order chi connectivity index (χ1) is 13.9. The SMILES string of the molecule is CC[C@H](C)NC(=O)[C@H](CC)N(Cc1ccccc1)C(=O)COc1ccc(Br)cc1. The zero-order valence-corrected chi connectivity index (χ0v) is 18.8. The van der Waals surface area contributed by atoms with Crippen LogP contribution in [-0.2, 0) is 16.1 Å². The van der Waals surface area contributed by atoms with E-state index >= 15 is 0 Å². The van der Waals surface area contributed by atoms with Crippen LogP contribution in [0.2, 0.25) is 0 Å². The molecule has 2 amide bonds. The Labute approximate surface area is 181 Å². The highest BCUT2D eigenvalue weighted by atomic mass is 79.9. The lowest BCUT2D eigenvalue weighted by atomic mass is 10.1. The fourth-order valence-electron chi connectivity index (χ4n) is 2.90. The molecule has 6 heteroatoms. The Kier molecular flexibility index (Phi) is 9.19. The first-order valence-corrected chi connectivity index (χ1v) is 10.8. The van der Waals surface area contributed by atoms with Crippen molar-refractivity contribution in [3.05, 3.63) is 64.6 Å². The molecule has 0 fully saturated rings. The molecule has 0 aromatic heterocycles. The second-order valence-corrected chi connectivity index (χ2v) is 7.91. The smallest absolute Gasteiger partial charge is 0.261 e. The molecular weight excluding hydrogens is 432 g/mol. The number of nitrogens with zero attached hydrogens (tertiary/aromatic N) is 1. The van der Waals surface area contributed by atoms with E-state index < -0.39 is 6.04 Å². The van der Waals surface area contributed by atoms with E-state index in [1.807, 2.05) is 63.2 Å². The van der Waals surface area contributed by atoms with Gasteiger partial charge >= 0.3 is 0 Å². The van der Waals surface area contributed by atoms with Gasteiger partial charge in [0.15, 0.2) is 6.61 Å². The molecule has 29 heavy (non-hydrogen) atoms. The summed E-state index contributed by atoms with van der Waals surface area (Å²) < 4.78 is 6.61. The molecule has 0 heterocycles. The maximum Gasteiger partial charge on any atom is 0.261 e. The van der Waals surface area contributed by atoms with Crippen molar-refractivity contribution in [2.24, 2.45) is 0 Å². The van der Waals surface area contributed by atoms with Gasteiger partial charge in [0.2, 0.25) is 5.91 Å². The minimum atomic E-state index is -0.551. The van der Waals surface area contributed by atoms with E-state index in [-0.39, 0.29) is 24.5 Å². The van der Waals surface area contributed by atoms with E-state index in [1.165, 1.54) is 0 Å². The number of hydrogen-bond acceptors (Lipinski definition) is 3. The monoisotopic (exact) mass is 460 g/mol. The van der Waals surface area contributed by atoms with Gasteiger partial charge in [-0.2, -0.15) is 0 Å². The molecule has 0 saturated carbocycles. The number of hydrogen-bond donors (Lipinski definition) is 1. The summed E-state index contributed by atoms with van der Waals surface area (Å²) in [5.41, 5.74) is 0.972. The Hall–Kier alpha value is -2.34. The summed E-state index contributed by atoms with van der Waals surface area (Å²) in [5.74, 6) is 0.260. The van der Waals surface area contributed by atoms with E-state index in [1.54, 1.807) is 17.0 Å². The molecule has 0 aliphatic carbocycles. The second-order valence-electron chi connectivity index (χ2n) is 6.99. The highest BCUT2D eigenvalue weighted by Gasteiger charge is 2.29. The van der Waals surface area contributed by atoms with Crippen LogP contribution >= 0.6 is 15.9 Å². The van der Waals surface area contributed by atoms with E-state index in [9.17, 15) is 9.59 Å². The van der Waals surface area contributed by atoms with Gasteiger partial charge in [-0.25, -0.2) is 0 Å². The molecule has 2 aromatic carbocycles. The zero-order chi connectivity index (χ0) is 21.2. The Morgan fingerprint density at radius 2 is 1.69 bits per heavy atom. The standard InChI is InChI=1S/C23H29BrN2O3/c1-4-17(3)25-23(28)21(5-2)26(15-18-9-7-6-8-10-18)22(27)16-29-20-13-11-19(24)12-14-20/h6-14,17,21H,4-5,15-16H2,1-3H3,(H,25,28)/t17-,21-/m0/s1. The second kappa shape index (κ2) is 11.6. The maximum atomic E-state index is 13.1. The summed E-state index contributed by atoms with van der Waals surface area (Å²) in [4.78, 5) is 27.5. The molecule has 5 nitrogen and oxygen atoms in total. The zero-order valence-electron chi connectivity index (χ0n) is 17.2. The third-order valence-corrected chi connectivity index (χ3v) is 5.29. The Balaban J connectivity index is 2.16. The lowest BCUT2D eigenvalue weighted by Gasteiger charge is -2.31. The van der Waals surface area contributed by atoms with Crippen molar-refractivity contribution < 1.29 is 14.3 Å². The molecule has 2 atom stereocenters. The minimum Gasteiger partial charge on any atom is -0.484 e. The van der Waals surface area contributed by atoms with Crippen molar-refractivity contribution in [3.8, 4) is 5.75 Å². The molecule has 0 saturated heterocycles. The van der Waals surface area contributed by atoms with Gasteiger partial charge in [-0.15, -0.1) is 0 Å². The largest absolute Gasteiger partial charge is 0.484 e. The highest BCUT2D eigenvalue weighted by molar-refractivity contribution is 9.10. The summed E-state index contributed by atoms with van der Waals surface area (Å²) in [6.07, 6.45) is 1.36. The van der Waals surface area contributed by atoms with Crippen molar-refractivity contribution in [3.63, 3.8) is 0 Å². The van der Waals surface area contributed by atoms with E-state index in [0.717, 1.165) is 16.5 Å². The molecule has 1 N–H and O–H groups in total. The van der Waals surface area contributed by atoms with Gasteiger partial charge in [-0.05, 0) is 49.6 Å². The Morgan fingerprint density at radius 1 is 1.03 bits per heavy atom. The van der Waals surface area contributed by atoms with Crippen LogP contribution in [-0.4, -0.2) is 35.4 Å². The third-order valence-electron chi connectivity index (χ3n) is 4.76. The molecule has 0 radical (unpaired) electrons. The van der Waals surface area contributed by atoms with Gasteiger partial charge in [-0.1, -0.05) is 60.1 Å². The molecule has 0 bridgehead atoms. The molecular formula is C23H29BrN2O3. The summed E-state index contributed by atoms with van der Waals surface area (Å²) in [5, 5.41) is 3.00. The first kappa shape index (κ1) is 22.9. The predicted molar refractivity (Wildman–Crippen MR) is 119 cm³/mol. The van der Waals surface area contributed by atoms with E-state index in [2.05, 4.69) is 21.2 Å². The van der Waals surface area contributed by atoms with Crippen LogP contribution < -0.4 is 10.1 Å². The lowest BCUT2D eigenvalue weighted by Crippen LogP contribution is -2.51. The summed E-state index contributed by atoms with van der Waals surface area (Å²) in [7, 11) is 0. The Morgan fingerprint density at radius 3 is 2.28 bits per heavy atom. The molecule has 0 aliphatic heterocycles. The van der Waals surface area contributed by atoms with Crippen LogP contribution in [0.25, 0.3) is 0 Å². The van der Waals surface area contributed by atoms with Crippen LogP contribution in [0.5, 0.6) is 5.75 Å². The number of nitrogens with one attached hydrogen (secondary N) is 1. The van der Waals surface area contributed by atoms with Gasteiger partial charge in [0.05, 0.1) is 0 Å². The third kappa shape index (κ3) is 7.20. The molecule has 156 valence electrons. The predicted octanol–water partition coefficient (Wildman–Crippen LogP) is 4.55. The van der Waals surface area contributed by atoms with E-state index in [4.69, 9.17) is 4.74 Å². The number of rotatable bonds is 10. The number of benzene rings is 2. The fraction of sp³-hybridized carbons (Fsp3) is 0.391. The van der Waals surface area contributed by atoms with Gasteiger partial charge in [0, 0.05) is 17.1 Å². The first-order valence-electron chi connectivity index (χ1n) is 9.96. The summed E-state index contributed by atoms with van der Waals surface area (Å²) in [6.45, 7) is 6.13. The van der Waals surface area contributed by atoms with Crippen molar-refractivity contribution in [1.82, 2.24) is 10.2 Å². The fourth-order valence-corrected chi connectivity index (χ4v) is 3.16. The number of ether oxygens (including phenoxy) is 1. The summed E-state index contributed by atoms with van der Waals surface area (Å²) >= 11 is 3.38.